The van der Waals surface area contributed by atoms with Gasteiger partial charge in [-0.2, -0.15) is 0 Å². The summed E-state index contributed by atoms with van der Waals surface area (Å²) in [5.41, 5.74) is 2.09. The van der Waals surface area contributed by atoms with Crippen molar-refractivity contribution in [1.82, 2.24) is 0 Å². The molecule has 0 aliphatic rings. The van der Waals surface area contributed by atoms with Crippen molar-refractivity contribution in [2.75, 3.05) is 6.61 Å². The van der Waals surface area contributed by atoms with Gasteiger partial charge in [0.1, 0.15) is 0 Å². The fourth-order valence-corrected chi connectivity index (χ4v) is 3.77. The zero-order valence-corrected chi connectivity index (χ0v) is 16.0. The Kier molecular flexibility index (Phi) is 8.60. The zero-order chi connectivity index (χ0) is 17.7. The van der Waals surface area contributed by atoms with Crippen LogP contribution in [0.25, 0.3) is 0 Å². The van der Waals surface area contributed by atoms with E-state index >= 15 is 0 Å². The van der Waals surface area contributed by atoms with E-state index in [2.05, 4.69) is 12.1 Å². The summed E-state index contributed by atoms with van der Waals surface area (Å²) in [7, 11) is 0. The van der Waals surface area contributed by atoms with Gasteiger partial charge in [0.05, 0.1) is 0 Å². The summed E-state index contributed by atoms with van der Waals surface area (Å²) in [6, 6.07) is 20.3. The van der Waals surface area contributed by atoms with Crippen LogP contribution < -0.4 is 4.46 Å². The standard InChI is InChI=1S/C21H22O3Se/c1-2-24-21(22)14-13-19(17-25-20-11-7-4-8-12-20)16-23-15-18-9-5-3-6-10-18/h3-14,16H,2,15,17H2,1H3/b14-13-,19-16-. The summed E-state index contributed by atoms with van der Waals surface area (Å²) < 4.78 is 12.0. The number of allylic oxidation sites excluding steroid dienone is 2. The van der Waals surface area contributed by atoms with Crippen LogP contribution in [0.4, 0.5) is 0 Å². The third-order valence-corrected chi connectivity index (χ3v) is 5.47. The number of hydrogen-bond donors (Lipinski definition) is 0. The maximum absolute atomic E-state index is 11.5. The fraction of sp³-hybridized carbons (Fsp3) is 0.190. The van der Waals surface area contributed by atoms with Crippen LogP contribution in [0.1, 0.15) is 12.5 Å². The second-order valence-corrected chi connectivity index (χ2v) is 7.38. The van der Waals surface area contributed by atoms with Gasteiger partial charge in [-0.05, 0) is 0 Å². The molecular formula is C21H22O3Se. The summed E-state index contributed by atoms with van der Waals surface area (Å²) >= 11 is 0.280. The molecule has 0 heterocycles. The number of carbonyl (C=O) groups excluding carboxylic acids is 1. The number of rotatable bonds is 9. The Morgan fingerprint density at radius 3 is 2.36 bits per heavy atom. The second-order valence-electron chi connectivity index (χ2n) is 5.18. The summed E-state index contributed by atoms with van der Waals surface area (Å²) in [6.45, 7) is 2.68. The van der Waals surface area contributed by atoms with Crippen molar-refractivity contribution in [1.29, 1.82) is 0 Å². The Bertz CT molecular complexity index is 694. The van der Waals surface area contributed by atoms with E-state index in [-0.39, 0.29) is 20.9 Å². The van der Waals surface area contributed by atoms with Gasteiger partial charge in [-0.15, -0.1) is 0 Å². The molecule has 0 N–H and O–H groups in total. The van der Waals surface area contributed by atoms with Crippen molar-refractivity contribution < 1.29 is 14.3 Å². The van der Waals surface area contributed by atoms with Crippen molar-refractivity contribution in [2.24, 2.45) is 0 Å². The summed E-state index contributed by atoms with van der Waals surface area (Å²) in [5.74, 6) is -0.330. The number of ether oxygens (including phenoxy) is 2. The van der Waals surface area contributed by atoms with E-state index in [1.165, 1.54) is 10.5 Å². The predicted molar refractivity (Wildman–Crippen MR) is 102 cm³/mol. The van der Waals surface area contributed by atoms with Gasteiger partial charge < -0.3 is 0 Å². The molecule has 0 saturated heterocycles. The van der Waals surface area contributed by atoms with E-state index in [4.69, 9.17) is 9.47 Å². The van der Waals surface area contributed by atoms with E-state index in [1.807, 2.05) is 48.5 Å². The van der Waals surface area contributed by atoms with Gasteiger partial charge in [0.15, 0.2) is 0 Å². The SMILES string of the molecule is CCOC(=O)/C=C\C(=C\OCc1ccccc1)C[Se]c1ccccc1. The Morgan fingerprint density at radius 1 is 1.00 bits per heavy atom. The van der Waals surface area contributed by atoms with Gasteiger partial charge in [0.2, 0.25) is 0 Å². The first-order valence-electron chi connectivity index (χ1n) is 8.15. The Labute approximate surface area is 155 Å². The van der Waals surface area contributed by atoms with Gasteiger partial charge in [-0.1, -0.05) is 0 Å². The average molecular weight is 401 g/mol. The van der Waals surface area contributed by atoms with Crippen molar-refractivity contribution in [3.05, 3.63) is 90.2 Å². The quantitative estimate of drug-likeness (QED) is 0.212. The van der Waals surface area contributed by atoms with Crippen LogP contribution in [0.5, 0.6) is 0 Å². The molecule has 0 radical (unpaired) electrons. The van der Waals surface area contributed by atoms with Gasteiger partial charge in [-0.3, -0.25) is 0 Å². The molecule has 4 heteroatoms. The Morgan fingerprint density at radius 2 is 1.68 bits per heavy atom. The van der Waals surface area contributed by atoms with Gasteiger partial charge in [-0.25, -0.2) is 0 Å². The van der Waals surface area contributed by atoms with Crippen LogP contribution in [0.2, 0.25) is 5.32 Å². The minimum atomic E-state index is -0.330. The van der Waals surface area contributed by atoms with E-state index in [1.54, 1.807) is 19.3 Å². The molecule has 25 heavy (non-hydrogen) atoms. The van der Waals surface area contributed by atoms with Crippen LogP contribution in [-0.2, 0) is 20.9 Å². The van der Waals surface area contributed by atoms with Crippen LogP contribution in [0.3, 0.4) is 0 Å². The van der Waals surface area contributed by atoms with E-state index in [9.17, 15) is 4.79 Å². The van der Waals surface area contributed by atoms with Gasteiger partial charge in [0.25, 0.3) is 0 Å². The van der Waals surface area contributed by atoms with Crippen LogP contribution >= 0.6 is 0 Å². The second kappa shape index (κ2) is 11.3. The predicted octanol–water partition coefficient (Wildman–Crippen LogP) is 3.65. The fourth-order valence-electron chi connectivity index (χ4n) is 1.99. The third kappa shape index (κ3) is 7.88. The van der Waals surface area contributed by atoms with Crippen molar-refractivity contribution in [3.63, 3.8) is 0 Å². The summed E-state index contributed by atoms with van der Waals surface area (Å²) in [5, 5.41) is 0.849. The van der Waals surface area contributed by atoms with Crippen molar-refractivity contribution in [3.8, 4) is 0 Å². The van der Waals surface area contributed by atoms with Gasteiger partial charge >= 0.3 is 155 Å². The normalized spacial score (nSPS) is 11.5. The molecule has 0 unspecified atom stereocenters. The molecule has 2 aromatic carbocycles. The number of carbonyl (C=O) groups is 1. The first-order chi connectivity index (χ1) is 12.3. The molecule has 0 aliphatic carbocycles. The summed E-state index contributed by atoms with van der Waals surface area (Å²) in [4.78, 5) is 11.5. The molecule has 0 atom stereocenters. The van der Waals surface area contributed by atoms with Crippen molar-refractivity contribution in [2.45, 2.75) is 18.8 Å². The van der Waals surface area contributed by atoms with E-state index in [0.29, 0.717) is 13.2 Å². The number of benzene rings is 2. The molecule has 0 amide bonds. The Balaban J connectivity index is 1.97. The molecule has 0 saturated carbocycles. The molecule has 0 aromatic heterocycles. The monoisotopic (exact) mass is 402 g/mol. The molecule has 2 aromatic rings. The molecule has 0 spiro atoms. The zero-order valence-electron chi connectivity index (χ0n) is 14.3. The van der Waals surface area contributed by atoms with E-state index in [0.717, 1.165) is 16.5 Å². The van der Waals surface area contributed by atoms with Crippen LogP contribution in [-0.4, -0.2) is 27.5 Å². The first-order valence-corrected chi connectivity index (χ1v) is 10.2. The molecule has 2 rings (SSSR count). The topological polar surface area (TPSA) is 35.5 Å². The maximum atomic E-state index is 11.5. The number of esters is 1. The molecule has 130 valence electrons. The van der Waals surface area contributed by atoms with Crippen molar-refractivity contribution >= 4 is 25.4 Å². The minimum absolute atomic E-state index is 0.280. The molecular weight excluding hydrogens is 379 g/mol. The first kappa shape index (κ1) is 19.0. The summed E-state index contributed by atoms with van der Waals surface area (Å²) in [6.07, 6.45) is 4.99. The number of hydrogen-bond acceptors (Lipinski definition) is 3. The molecule has 3 nitrogen and oxygen atoms in total. The van der Waals surface area contributed by atoms with Crippen LogP contribution in [0.15, 0.2) is 84.7 Å². The average Bonchev–Trinajstić information content (AvgIpc) is 2.65. The molecule has 0 bridgehead atoms. The molecule has 0 fully saturated rings. The Hall–Kier alpha value is -2.29. The van der Waals surface area contributed by atoms with Crippen LogP contribution in [0, 0.1) is 0 Å². The van der Waals surface area contributed by atoms with Gasteiger partial charge in [0, 0.05) is 0 Å². The van der Waals surface area contributed by atoms with E-state index < -0.39 is 0 Å². The molecule has 0 aliphatic heterocycles. The third-order valence-electron chi connectivity index (χ3n) is 3.20.